The van der Waals surface area contributed by atoms with Gasteiger partial charge in [-0.15, -0.1) is 0 Å². The van der Waals surface area contributed by atoms with E-state index >= 15 is 0 Å². The Morgan fingerprint density at radius 3 is 2.77 bits per heavy atom. The SMILES string of the molecule is CC1CN(C(=O)C2CCCN2C(=O)c2ccccc2OC(F)F)CCN1. The number of benzene rings is 1. The van der Waals surface area contributed by atoms with Gasteiger partial charge in [-0.2, -0.15) is 8.78 Å². The zero-order chi connectivity index (χ0) is 18.7. The predicted molar refractivity (Wildman–Crippen MR) is 91.2 cm³/mol. The Morgan fingerprint density at radius 1 is 1.27 bits per heavy atom. The molecule has 2 amide bonds. The molecule has 0 spiro atoms. The monoisotopic (exact) mass is 367 g/mol. The molecule has 0 bridgehead atoms. The Labute approximate surface area is 151 Å². The number of nitrogens with one attached hydrogen (secondary N) is 1. The minimum atomic E-state index is -3.01. The normalized spacial score (nSPS) is 23.4. The van der Waals surface area contributed by atoms with Crippen molar-refractivity contribution in [1.82, 2.24) is 15.1 Å². The molecule has 6 nitrogen and oxygen atoms in total. The average molecular weight is 367 g/mol. The Bertz CT molecular complexity index is 671. The second kappa shape index (κ2) is 7.99. The molecule has 2 heterocycles. The summed E-state index contributed by atoms with van der Waals surface area (Å²) in [5, 5.41) is 3.28. The van der Waals surface area contributed by atoms with Crippen molar-refractivity contribution in [2.75, 3.05) is 26.2 Å². The summed E-state index contributed by atoms with van der Waals surface area (Å²) < 4.78 is 29.7. The predicted octanol–water partition coefficient (Wildman–Crippen LogP) is 1.71. The molecule has 8 heteroatoms. The second-order valence-corrected chi connectivity index (χ2v) is 6.67. The van der Waals surface area contributed by atoms with Crippen molar-refractivity contribution in [3.63, 3.8) is 0 Å². The summed E-state index contributed by atoms with van der Waals surface area (Å²) in [5.74, 6) is -0.682. The molecule has 0 aliphatic carbocycles. The highest BCUT2D eigenvalue weighted by Crippen LogP contribution is 2.27. The topological polar surface area (TPSA) is 61.9 Å². The highest BCUT2D eigenvalue weighted by Gasteiger charge is 2.38. The average Bonchev–Trinajstić information content (AvgIpc) is 3.10. The molecule has 0 aromatic heterocycles. The molecule has 2 fully saturated rings. The molecule has 1 aromatic carbocycles. The number of ether oxygens (including phenoxy) is 1. The van der Waals surface area contributed by atoms with Gasteiger partial charge in [0, 0.05) is 32.2 Å². The van der Waals surface area contributed by atoms with Crippen molar-refractivity contribution in [2.45, 2.75) is 38.5 Å². The second-order valence-electron chi connectivity index (χ2n) is 6.67. The van der Waals surface area contributed by atoms with Gasteiger partial charge in [0.25, 0.3) is 5.91 Å². The van der Waals surface area contributed by atoms with Crippen molar-refractivity contribution in [2.24, 2.45) is 0 Å². The molecule has 2 atom stereocenters. The van der Waals surface area contributed by atoms with Crippen LogP contribution in [0.15, 0.2) is 24.3 Å². The zero-order valence-corrected chi connectivity index (χ0v) is 14.7. The summed E-state index contributed by atoms with van der Waals surface area (Å²) in [7, 11) is 0. The van der Waals surface area contributed by atoms with Crippen LogP contribution in [0.4, 0.5) is 8.78 Å². The molecule has 142 valence electrons. The smallest absolute Gasteiger partial charge is 0.387 e. The maximum Gasteiger partial charge on any atom is 0.387 e. The number of likely N-dealkylation sites (tertiary alicyclic amines) is 1. The minimum Gasteiger partial charge on any atom is -0.434 e. The molecule has 0 saturated carbocycles. The largest absolute Gasteiger partial charge is 0.434 e. The first-order chi connectivity index (χ1) is 12.5. The van der Waals surface area contributed by atoms with Crippen LogP contribution in [0.2, 0.25) is 0 Å². The fraction of sp³-hybridized carbons (Fsp3) is 0.556. The van der Waals surface area contributed by atoms with E-state index in [2.05, 4.69) is 10.1 Å². The first kappa shape index (κ1) is 18.6. The minimum absolute atomic E-state index is 0.0566. The zero-order valence-electron chi connectivity index (χ0n) is 14.7. The highest BCUT2D eigenvalue weighted by atomic mass is 19.3. The van der Waals surface area contributed by atoms with Crippen LogP contribution >= 0.6 is 0 Å². The molecule has 2 unspecified atom stereocenters. The Morgan fingerprint density at radius 2 is 2.04 bits per heavy atom. The van der Waals surface area contributed by atoms with Crippen LogP contribution in [0.3, 0.4) is 0 Å². The number of para-hydroxylation sites is 1. The number of alkyl halides is 2. The van der Waals surface area contributed by atoms with Gasteiger partial charge in [-0.1, -0.05) is 12.1 Å². The number of halogens is 2. The molecular weight excluding hydrogens is 344 g/mol. The van der Waals surface area contributed by atoms with Gasteiger partial charge in [0.2, 0.25) is 5.91 Å². The summed E-state index contributed by atoms with van der Waals surface area (Å²) in [6, 6.07) is 5.57. The van der Waals surface area contributed by atoms with Gasteiger partial charge in [-0.25, -0.2) is 0 Å². The van der Waals surface area contributed by atoms with Gasteiger partial charge >= 0.3 is 6.61 Å². The molecule has 2 aliphatic heterocycles. The number of nitrogens with zero attached hydrogens (tertiary/aromatic N) is 2. The lowest BCUT2D eigenvalue weighted by Crippen LogP contribution is -2.56. The number of carbonyl (C=O) groups excluding carboxylic acids is 2. The highest BCUT2D eigenvalue weighted by molar-refractivity contribution is 6.00. The van der Waals surface area contributed by atoms with Crippen molar-refractivity contribution < 1.29 is 23.1 Å². The number of rotatable bonds is 4. The van der Waals surface area contributed by atoms with Gasteiger partial charge in [-0.05, 0) is 31.9 Å². The van der Waals surface area contributed by atoms with Gasteiger partial charge in [0.1, 0.15) is 11.8 Å². The Kier molecular flexibility index (Phi) is 5.70. The van der Waals surface area contributed by atoms with E-state index in [0.29, 0.717) is 32.5 Å². The quantitative estimate of drug-likeness (QED) is 0.880. The maximum atomic E-state index is 12.9. The number of piperazine rings is 1. The summed E-state index contributed by atoms with van der Waals surface area (Å²) in [5.41, 5.74) is 0.0566. The van der Waals surface area contributed by atoms with E-state index in [9.17, 15) is 18.4 Å². The third-order valence-corrected chi connectivity index (χ3v) is 4.81. The summed E-state index contributed by atoms with van der Waals surface area (Å²) in [6.45, 7) is 1.35. The van der Waals surface area contributed by atoms with Crippen molar-refractivity contribution in [1.29, 1.82) is 0 Å². The lowest BCUT2D eigenvalue weighted by atomic mass is 10.1. The lowest BCUT2D eigenvalue weighted by molar-refractivity contribution is -0.136. The van der Waals surface area contributed by atoms with Gasteiger partial charge in [0.05, 0.1) is 5.56 Å². The van der Waals surface area contributed by atoms with Crippen LogP contribution in [0.5, 0.6) is 5.75 Å². The maximum absolute atomic E-state index is 12.9. The third kappa shape index (κ3) is 3.95. The van der Waals surface area contributed by atoms with E-state index in [4.69, 9.17) is 0 Å². The fourth-order valence-corrected chi connectivity index (χ4v) is 3.61. The van der Waals surface area contributed by atoms with Crippen molar-refractivity contribution in [3.05, 3.63) is 29.8 Å². The van der Waals surface area contributed by atoms with Crippen LogP contribution < -0.4 is 10.1 Å². The first-order valence-corrected chi connectivity index (χ1v) is 8.84. The van der Waals surface area contributed by atoms with Crippen LogP contribution in [0.25, 0.3) is 0 Å². The van der Waals surface area contributed by atoms with Crippen LogP contribution in [0.1, 0.15) is 30.1 Å². The molecule has 1 N–H and O–H groups in total. The van der Waals surface area contributed by atoms with Crippen molar-refractivity contribution >= 4 is 11.8 Å². The Balaban J connectivity index is 1.77. The van der Waals surface area contributed by atoms with E-state index in [1.165, 1.54) is 23.1 Å². The van der Waals surface area contributed by atoms with E-state index in [1.807, 2.05) is 6.92 Å². The van der Waals surface area contributed by atoms with Crippen LogP contribution in [-0.4, -0.2) is 66.5 Å². The molecular formula is C18H23F2N3O3. The van der Waals surface area contributed by atoms with E-state index in [-0.39, 0.29) is 23.3 Å². The van der Waals surface area contributed by atoms with Gasteiger partial charge in [0.15, 0.2) is 0 Å². The number of carbonyl (C=O) groups is 2. The van der Waals surface area contributed by atoms with E-state index < -0.39 is 18.6 Å². The van der Waals surface area contributed by atoms with Crippen LogP contribution in [-0.2, 0) is 4.79 Å². The number of hydrogen-bond acceptors (Lipinski definition) is 4. The molecule has 0 radical (unpaired) electrons. The molecule has 1 aromatic rings. The number of hydrogen-bond donors (Lipinski definition) is 1. The fourth-order valence-electron chi connectivity index (χ4n) is 3.61. The molecule has 2 saturated heterocycles. The number of amides is 2. The summed E-state index contributed by atoms with van der Waals surface area (Å²) in [4.78, 5) is 29.1. The lowest BCUT2D eigenvalue weighted by Gasteiger charge is -2.35. The Hall–Kier alpha value is -2.22. The van der Waals surface area contributed by atoms with Crippen LogP contribution in [0, 0.1) is 0 Å². The molecule has 3 rings (SSSR count). The van der Waals surface area contributed by atoms with E-state index in [0.717, 1.165) is 6.54 Å². The molecule has 26 heavy (non-hydrogen) atoms. The third-order valence-electron chi connectivity index (χ3n) is 4.81. The van der Waals surface area contributed by atoms with Gasteiger partial charge in [-0.3, -0.25) is 9.59 Å². The summed E-state index contributed by atoms with van der Waals surface area (Å²) in [6.07, 6.45) is 1.29. The molecule has 2 aliphatic rings. The summed E-state index contributed by atoms with van der Waals surface area (Å²) >= 11 is 0. The standard InChI is InChI=1S/C18H23F2N3O3/c1-12-11-22(10-8-21-12)17(25)14-6-4-9-23(14)16(24)13-5-2-3-7-15(13)26-18(19)20/h2-3,5,7,12,14,18,21H,4,6,8-11H2,1H3. The van der Waals surface area contributed by atoms with Crippen molar-refractivity contribution in [3.8, 4) is 5.75 Å². The van der Waals surface area contributed by atoms with Gasteiger partial charge < -0.3 is 19.9 Å². The first-order valence-electron chi connectivity index (χ1n) is 8.84. The van der Waals surface area contributed by atoms with E-state index in [1.54, 1.807) is 11.0 Å².